The van der Waals surface area contributed by atoms with Crippen LogP contribution in [0.3, 0.4) is 0 Å². The molecule has 3 aromatic rings. The zero-order chi connectivity index (χ0) is 30.0. The number of anilines is 1. The van der Waals surface area contributed by atoms with Gasteiger partial charge in [0.05, 0.1) is 5.56 Å². The van der Waals surface area contributed by atoms with Crippen LogP contribution in [0.1, 0.15) is 74.9 Å². The van der Waals surface area contributed by atoms with E-state index in [0.717, 1.165) is 43.4 Å². The Labute approximate surface area is 238 Å². The number of aromatic nitrogens is 4. The summed E-state index contributed by atoms with van der Waals surface area (Å²) in [7, 11) is 0. The number of rotatable bonds is 6. The number of H-pyrrole nitrogens is 1. The average Bonchev–Trinajstić information content (AvgIpc) is 3.45. The molecule has 0 bridgehead atoms. The van der Waals surface area contributed by atoms with Crippen LogP contribution in [0.15, 0.2) is 66.7 Å². The minimum atomic E-state index is -4.21. The van der Waals surface area contributed by atoms with E-state index in [1.807, 2.05) is 24.0 Å². The molecule has 2 aromatic carbocycles. The van der Waals surface area contributed by atoms with Crippen LogP contribution in [0.5, 0.6) is 0 Å². The molecule has 2 amide bonds. The summed E-state index contributed by atoms with van der Waals surface area (Å²) < 4.78 is 35.4. The first-order valence-electron chi connectivity index (χ1n) is 13.6. The smallest absolute Gasteiger partial charge is 0.332 e. The van der Waals surface area contributed by atoms with Gasteiger partial charge < -0.3 is 4.90 Å². The van der Waals surface area contributed by atoms with E-state index in [2.05, 4.69) is 46.7 Å². The predicted octanol–water partition coefficient (Wildman–Crippen LogP) is 6.67. The molecule has 0 atom stereocenters. The van der Waals surface area contributed by atoms with E-state index >= 15 is 0 Å². The van der Waals surface area contributed by atoms with Crippen molar-refractivity contribution in [3.05, 3.63) is 83.4 Å². The second-order valence-electron chi connectivity index (χ2n) is 11.1. The van der Waals surface area contributed by atoms with E-state index in [1.165, 1.54) is 12.1 Å². The average molecular weight is 571 g/mol. The lowest BCUT2D eigenvalue weighted by Gasteiger charge is -2.41. The quantitative estimate of drug-likeness (QED) is 0.322. The standard InChI is InChI=1S/C23H32N6O2.C7H5F3/c1-5-6-20(30)29(19-13-11-18(12-14-19)23(2,3)4)15-16-7-9-17(10-8-16)21(31)24-22-25-27-28-26-22;8-7(9,10)6-4-2-1-3-5-6/h5-10,18-19H,11-15H2,1-4H3,(H2,24,25,26,27,28,31);1-5H/b6-5+;. The molecule has 1 aliphatic carbocycles. The largest absolute Gasteiger partial charge is 0.416 e. The maximum atomic E-state index is 12.8. The number of carbonyl (C=O) groups is 2. The third-order valence-electron chi connectivity index (χ3n) is 7.20. The molecule has 4 rings (SSSR count). The van der Waals surface area contributed by atoms with Crippen molar-refractivity contribution < 1.29 is 22.8 Å². The first kappa shape index (κ1) is 31.5. The third kappa shape index (κ3) is 9.54. The van der Waals surface area contributed by atoms with Crippen LogP contribution < -0.4 is 5.32 Å². The number of nitrogens with zero attached hydrogens (tertiary/aromatic N) is 4. The van der Waals surface area contributed by atoms with Crippen LogP contribution in [-0.4, -0.2) is 43.4 Å². The summed E-state index contributed by atoms with van der Waals surface area (Å²) in [6.45, 7) is 9.30. The van der Waals surface area contributed by atoms with Crippen LogP contribution >= 0.6 is 0 Å². The molecule has 0 unspecified atom stereocenters. The van der Waals surface area contributed by atoms with Crippen LogP contribution in [0.2, 0.25) is 0 Å². The highest BCUT2D eigenvalue weighted by molar-refractivity contribution is 6.03. The fourth-order valence-corrected chi connectivity index (χ4v) is 4.85. The number of halogens is 3. The van der Waals surface area contributed by atoms with Gasteiger partial charge >= 0.3 is 6.18 Å². The molecule has 1 aliphatic rings. The Morgan fingerprint density at radius 3 is 2.12 bits per heavy atom. The van der Waals surface area contributed by atoms with Crippen molar-refractivity contribution in [1.29, 1.82) is 0 Å². The van der Waals surface area contributed by atoms with Gasteiger partial charge in [-0.1, -0.05) is 74.4 Å². The maximum absolute atomic E-state index is 12.8. The van der Waals surface area contributed by atoms with Gasteiger partial charge in [0, 0.05) is 18.2 Å². The first-order chi connectivity index (χ1) is 19.4. The number of alkyl halides is 3. The Morgan fingerprint density at radius 2 is 1.63 bits per heavy atom. The van der Waals surface area contributed by atoms with E-state index in [0.29, 0.717) is 23.4 Å². The Balaban J connectivity index is 0.000000389. The highest BCUT2D eigenvalue weighted by Crippen LogP contribution is 2.39. The molecule has 220 valence electrons. The molecule has 0 radical (unpaired) electrons. The van der Waals surface area contributed by atoms with E-state index < -0.39 is 11.7 Å². The third-order valence-corrected chi connectivity index (χ3v) is 7.20. The molecule has 2 N–H and O–H groups in total. The molecule has 11 heteroatoms. The van der Waals surface area contributed by atoms with Gasteiger partial charge in [-0.3, -0.25) is 14.9 Å². The molecule has 41 heavy (non-hydrogen) atoms. The van der Waals surface area contributed by atoms with Gasteiger partial charge in [-0.2, -0.15) is 18.4 Å². The zero-order valence-electron chi connectivity index (χ0n) is 23.8. The van der Waals surface area contributed by atoms with Crippen LogP contribution in [0.4, 0.5) is 19.1 Å². The molecule has 8 nitrogen and oxygen atoms in total. The number of hydrogen-bond acceptors (Lipinski definition) is 5. The number of nitrogens with one attached hydrogen (secondary N) is 2. The topological polar surface area (TPSA) is 104 Å². The lowest BCUT2D eigenvalue weighted by atomic mass is 9.71. The number of allylic oxidation sites excluding steroid dienone is 1. The summed E-state index contributed by atoms with van der Waals surface area (Å²) in [5.74, 6) is 0.554. The number of tetrazole rings is 1. The predicted molar refractivity (Wildman–Crippen MR) is 151 cm³/mol. The molecular weight excluding hydrogens is 533 g/mol. The lowest BCUT2D eigenvalue weighted by molar-refractivity contribution is -0.137. The Kier molecular flexibility index (Phi) is 10.8. The Bertz CT molecular complexity index is 1260. The molecule has 0 spiro atoms. The number of carbonyl (C=O) groups excluding carboxylic acids is 2. The minimum Gasteiger partial charge on any atom is -0.332 e. The van der Waals surface area contributed by atoms with Crippen molar-refractivity contribution in [3.63, 3.8) is 0 Å². The number of amides is 2. The van der Waals surface area contributed by atoms with Crippen LogP contribution in [0.25, 0.3) is 0 Å². The summed E-state index contributed by atoms with van der Waals surface area (Å²) >= 11 is 0. The number of hydrogen-bond donors (Lipinski definition) is 2. The fraction of sp³-hybridized carbons (Fsp3) is 0.433. The highest BCUT2D eigenvalue weighted by Gasteiger charge is 2.33. The lowest BCUT2D eigenvalue weighted by Crippen LogP contribution is -2.42. The first-order valence-corrected chi connectivity index (χ1v) is 13.6. The van der Waals surface area contributed by atoms with Crippen molar-refractivity contribution in [2.24, 2.45) is 11.3 Å². The minimum absolute atomic E-state index is 0.0423. The van der Waals surface area contributed by atoms with Gasteiger partial charge in [-0.05, 0) is 72.9 Å². The van der Waals surface area contributed by atoms with E-state index in [9.17, 15) is 22.8 Å². The molecule has 0 aliphatic heterocycles. The second-order valence-corrected chi connectivity index (χ2v) is 11.1. The molecule has 1 heterocycles. The Hall–Kier alpha value is -4.02. The van der Waals surface area contributed by atoms with Crippen molar-refractivity contribution in [3.8, 4) is 0 Å². The maximum Gasteiger partial charge on any atom is 0.416 e. The van der Waals surface area contributed by atoms with E-state index in [1.54, 1.807) is 30.4 Å². The SMILES string of the molecule is C/C=C/C(=O)N(Cc1ccc(C(=O)Nc2nn[nH]n2)cc1)C1CCC(C(C)(C)C)CC1.FC(F)(F)c1ccccc1. The van der Waals surface area contributed by atoms with E-state index in [4.69, 9.17) is 0 Å². The summed E-state index contributed by atoms with van der Waals surface area (Å²) in [4.78, 5) is 27.1. The summed E-state index contributed by atoms with van der Waals surface area (Å²) in [6.07, 6.45) is 3.56. The fourth-order valence-electron chi connectivity index (χ4n) is 4.85. The van der Waals surface area contributed by atoms with Crippen molar-refractivity contribution in [2.45, 2.75) is 72.1 Å². The molecule has 1 saturated carbocycles. The normalized spacial score (nSPS) is 17.4. The summed E-state index contributed by atoms with van der Waals surface area (Å²) in [5, 5.41) is 15.7. The molecule has 1 aromatic heterocycles. The number of benzene rings is 2. The molecule has 0 saturated heterocycles. The van der Waals surface area contributed by atoms with E-state index in [-0.39, 0.29) is 23.8 Å². The summed E-state index contributed by atoms with van der Waals surface area (Å²) in [5.41, 5.74) is 1.19. The van der Waals surface area contributed by atoms with Gasteiger partial charge in [0.2, 0.25) is 5.91 Å². The van der Waals surface area contributed by atoms with Gasteiger partial charge in [-0.15, -0.1) is 5.10 Å². The van der Waals surface area contributed by atoms with Gasteiger partial charge in [0.25, 0.3) is 11.9 Å². The second kappa shape index (κ2) is 14.0. The van der Waals surface area contributed by atoms with Gasteiger partial charge in [0.15, 0.2) is 0 Å². The monoisotopic (exact) mass is 570 g/mol. The van der Waals surface area contributed by atoms with Gasteiger partial charge in [0.1, 0.15) is 0 Å². The Morgan fingerprint density at radius 1 is 1.00 bits per heavy atom. The van der Waals surface area contributed by atoms with Crippen molar-refractivity contribution in [1.82, 2.24) is 25.5 Å². The molecule has 1 fully saturated rings. The van der Waals surface area contributed by atoms with Crippen LogP contribution in [0, 0.1) is 11.3 Å². The zero-order valence-corrected chi connectivity index (χ0v) is 23.8. The molecular formula is C30H37F3N6O2. The van der Waals surface area contributed by atoms with Crippen LogP contribution in [-0.2, 0) is 17.5 Å². The highest BCUT2D eigenvalue weighted by atomic mass is 19.4. The summed E-state index contributed by atoms with van der Waals surface area (Å²) in [6, 6.07) is 13.9. The number of aromatic amines is 1. The van der Waals surface area contributed by atoms with Gasteiger partial charge in [-0.25, -0.2) is 0 Å². The van der Waals surface area contributed by atoms with Crippen molar-refractivity contribution >= 4 is 17.8 Å². The van der Waals surface area contributed by atoms with Crippen molar-refractivity contribution in [2.75, 3.05) is 5.32 Å².